The fourth-order valence-corrected chi connectivity index (χ4v) is 2.71. The SMILES string of the molecule is Cc1ccccc1Nc1nnc(COc2ccc(-c3ccccc3)cc2)o1. The van der Waals surface area contributed by atoms with Gasteiger partial charge in [-0.15, -0.1) is 5.10 Å². The highest BCUT2D eigenvalue weighted by molar-refractivity contribution is 5.63. The molecular formula is C22H19N3O2. The van der Waals surface area contributed by atoms with Crippen LogP contribution in [0.4, 0.5) is 11.7 Å². The molecule has 4 rings (SSSR count). The predicted octanol–water partition coefficient (Wildman–Crippen LogP) is 5.37. The van der Waals surface area contributed by atoms with Crippen LogP contribution >= 0.6 is 0 Å². The van der Waals surface area contributed by atoms with E-state index in [9.17, 15) is 0 Å². The van der Waals surface area contributed by atoms with Crippen LogP contribution in [-0.2, 0) is 6.61 Å². The van der Waals surface area contributed by atoms with Crippen molar-refractivity contribution in [1.29, 1.82) is 0 Å². The van der Waals surface area contributed by atoms with Gasteiger partial charge in [-0.05, 0) is 41.8 Å². The fraction of sp³-hybridized carbons (Fsp3) is 0.0909. The first-order chi connectivity index (χ1) is 13.3. The second-order valence-corrected chi connectivity index (χ2v) is 6.12. The summed E-state index contributed by atoms with van der Waals surface area (Å²) in [6.07, 6.45) is 0. The summed E-state index contributed by atoms with van der Waals surface area (Å²) >= 11 is 0. The molecule has 0 fully saturated rings. The molecule has 0 saturated carbocycles. The lowest BCUT2D eigenvalue weighted by Crippen LogP contribution is -1.95. The minimum Gasteiger partial charge on any atom is -0.484 e. The third-order valence-corrected chi connectivity index (χ3v) is 4.18. The van der Waals surface area contributed by atoms with E-state index in [-0.39, 0.29) is 6.61 Å². The third-order valence-electron chi connectivity index (χ3n) is 4.18. The Balaban J connectivity index is 1.37. The first-order valence-corrected chi connectivity index (χ1v) is 8.71. The Morgan fingerprint density at radius 1 is 0.815 bits per heavy atom. The van der Waals surface area contributed by atoms with Gasteiger partial charge in [0.2, 0.25) is 0 Å². The third kappa shape index (κ3) is 4.15. The molecule has 0 aliphatic carbocycles. The van der Waals surface area contributed by atoms with E-state index in [1.165, 1.54) is 5.56 Å². The van der Waals surface area contributed by atoms with Crippen LogP contribution in [0.15, 0.2) is 83.3 Å². The van der Waals surface area contributed by atoms with E-state index in [4.69, 9.17) is 9.15 Å². The van der Waals surface area contributed by atoms with Gasteiger partial charge in [-0.2, -0.15) is 0 Å². The number of hydrogen-bond acceptors (Lipinski definition) is 5. The van der Waals surface area contributed by atoms with Crippen LogP contribution in [0.1, 0.15) is 11.5 Å². The molecule has 1 aromatic heterocycles. The molecule has 0 atom stereocenters. The average molecular weight is 357 g/mol. The molecule has 134 valence electrons. The van der Waals surface area contributed by atoms with E-state index in [1.54, 1.807) is 0 Å². The van der Waals surface area contributed by atoms with Crippen molar-refractivity contribution in [1.82, 2.24) is 10.2 Å². The zero-order valence-electron chi connectivity index (χ0n) is 14.9. The van der Waals surface area contributed by atoms with Gasteiger partial charge in [0, 0.05) is 5.69 Å². The first kappa shape index (κ1) is 16.8. The molecule has 0 saturated heterocycles. The Kier molecular flexibility index (Phi) is 4.83. The molecule has 5 nitrogen and oxygen atoms in total. The highest BCUT2D eigenvalue weighted by Gasteiger charge is 2.08. The van der Waals surface area contributed by atoms with Gasteiger partial charge >= 0.3 is 6.01 Å². The molecule has 5 heteroatoms. The first-order valence-electron chi connectivity index (χ1n) is 8.71. The molecule has 0 unspecified atom stereocenters. The van der Waals surface area contributed by atoms with Crippen LogP contribution in [0.2, 0.25) is 0 Å². The Labute approximate surface area is 157 Å². The molecule has 0 aliphatic heterocycles. The lowest BCUT2D eigenvalue weighted by Gasteiger charge is -2.06. The average Bonchev–Trinajstić information content (AvgIpc) is 3.17. The van der Waals surface area contributed by atoms with E-state index < -0.39 is 0 Å². The smallest absolute Gasteiger partial charge is 0.320 e. The van der Waals surface area contributed by atoms with Crippen molar-refractivity contribution >= 4 is 11.7 Å². The molecule has 1 N–H and O–H groups in total. The number of hydrogen-bond donors (Lipinski definition) is 1. The summed E-state index contributed by atoms with van der Waals surface area (Å²) in [6.45, 7) is 2.23. The number of ether oxygens (including phenoxy) is 1. The zero-order valence-corrected chi connectivity index (χ0v) is 14.9. The Bertz CT molecular complexity index is 1010. The minimum atomic E-state index is 0.215. The maximum Gasteiger partial charge on any atom is 0.320 e. The lowest BCUT2D eigenvalue weighted by molar-refractivity contribution is 0.265. The number of anilines is 2. The largest absolute Gasteiger partial charge is 0.484 e. The van der Waals surface area contributed by atoms with Crippen LogP contribution < -0.4 is 10.1 Å². The molecule has 0 radical (unpaired) electrons. The van der Waals surface area contributed by atoms with Crippen LogP contribution in [0.25, 0.3) is 11.1 Å². The van der Waals surface area contributed by atoms with E-state index in [1.807, 2.05) is 73.7 Å². The summed E-state index contributed by atoms with van der Waals surface area (Å²) in [5.74, 6) is 1.17. The molecule has 0 amide bonds. The number of nitrogens with one attached hydrogen (secondary N) is 1. The van der Waals surface area contributed by atoms with Crippen LogP contribution in [-0.4, -0.2) is 10.2 Å². The van der Waals surface area contributed by atoms with Gasteiger partial charge in [-0.25, -0.2) is 0 Å². The zero-order chi connectivity index (χ0) is 18.5. The van der Waals surface area contributed by atoms with Crippen molar-refractivity contribution in [2.45, 2.75) is 13.5 Å². The number of para-hydroxylation sites is 1. The highest BCUT2D eigenvalue weighted by atomic mass is 16.5. The molecule has 3 aromatic carbocycles. The van der Waals surface area contributed by atoms with Crippen molar-refractivity contribution in [3.63, 3.8) is 0 Å². The molecule has 0 aliphatic rings. The summed E-state index contributed by atoms with van der Waals surface area (Å²) in [5.41, 5.74) is 4.36. The maximum atomic E-state index is 5.75. The summed E-state index contributed by atoms with van der Waals surface area (Å²) in [6, 6.07) is 26.4. The van der Waals surface area contributed by atoms with Crippen LogP contribution in [0.3, 0.4) is 0 Å². The van der Waals surface area contributed by atoms with E-state index in [0.29, 0.717) is 11.9 Å². The second kappa shape index (κ2) is 7.74. The summed E-state index contributed by atoms with van der Waals surface area (Å²) in [7, 11) is 0. The standard InChI is InChI=1S/C22H19N3O2/c1-16-7-5-6-10-20(16)23-22-25-24-21(27-22)15-26-19-13-11-18(12-14-19)17-8-3-2-4-9-17/h2-14H,15H2,1H3,(H,23,25). The van der Waals surface area contributed by atoms with E-state index >= 15 is 0 Å². The van der Waals surface area contributed by atoms with Gasteiger partial charge < -0.3 is 14.5 Å². The predicted molar refractivity (Wildman–Crippen MR) is 105 cm³/mol. The summed E-state index contributed by atoms with van der Waals surface area (Å²) < 4.78 is 11.3. The monoisotopic (exact) mass is 357 g/mol. The van der Waals surface area contributed by atoms with E-state index in [2.05, 4.69) is 27.6 Å². The van der Waals surface area contributed by atoms with Gasteiger partial charge in [0.05, 0.1) is 0 Å². The number of aromatic nitrogens is 2. The molecule has 4 aromatic rings. The fourth-order valence-electron chi connectivity index (χ4n) is 2.71. The van der Waals surface area contributed by atoms with Gasteiger partial charge in [-0.3, -0.25) is 0 Å². The Morgan fingerprint density at radius 2 is 1.52 bits per heavy atom. The van der Waals surface area contributed by atoms with Crippen molar-refractivity contribution in [2.24, 2.45) is 0 Å². The van der Waals surface area contributed by atoms with Crippen LogP contribution in [0, 0.1) is 6.92 Å². The molecule has 0 bridgehead atoms. The van der Waals surface area contributed by atoms with Crippen molar-refractivity contribution in [3.05, 3.63) is 90.3 Å². The van der Waals surface area contributed by atoms with Crippen molar-refractivity contribution < 1.29 is 9.15 Å². The summed E-state index contributed by atoms with van der Waals surface area (Å²) in [5, 5.41) is 11.1. The number of rotatable bonds is 6. The number of aryl methyl sites for hydroxylation is 1. The number of benzene rings is 3. The van der Waals surface area contributed by atoms with Gasteiger partial charge in [0.1, 0.15) is 5.75 Å². The maximum absolute atomic E-state index is 5.75. The van der Waals surface area contributed by atoms with Crippen molar-refractivity contribution in [3.8, 4) is 16.9 Å². The second-order valence-electron chi connectivity index (χ2n) is 6.12. The molecule has 0 spiro atoms. The highest BCUT2D eigenvalue weighted by Crippen LogP contribution is 2.23. The topological polar surface area (TPSA) is 60.2 Å². The van der Waals surface area contributed by atoms with Gasteiger partial charge in [0.15, 0.2) is 6.61 Å². The molecular weight excluding hydrogens is 338 g/mol. The number of nitrogens with zero attached hydrogens (tertiary/aromatic N) is 2. The Hall–Kier alpha value is -3.60. The Morgan fingerprint density at radius 3 is 2.30 bits per heavy atom. The van der Waals surface area contributed by atoms with Gasteiger partial charge in [-0.1, -0.05) is 65.8 Å². The minimum absolute atomic E-state index is 0.215. The molecule has 27 heavy (non-hydrogen) atoms. The quantitative estimate of drug-likeness (QED) is 0.503. The van der Waals surface area contributed by atoms with Crippen molar-refractivity contribution in [2.75, 3.05) is 5.32 Å². The lowest BCUT2D eigenvalue weighted by atomic mass is 10.1. The normalized spacial score (nSPS) is 10.6. The van der Waals surface area contributed by atoms with E-state index in [0.717, 1.165) is 22.6 Å². The summed E-state index contributed by atoms with van der Waals surface area (Å²) in [4.78, 5) is 0. The molecule has 1 heterocycles. The van der Waals surface area contributed by atoms with Crippen LogP contribution in [0.5, 0.6) is 5.75 Å². The van der Waals surface area contributed by atoms with Gasteiger partial charge in [0.25, 0.3) is 5.89 Å².